The van der Waals surface area contributed by atoms with Gasteiger partial charge in [0.2, 0.25) is 0 Å². The van der Waals surface area contributed by atoms with E-state index >= 15 is 0 Å². The van der Waals surface area contributed by atoms with E-state index < -0.39 is 29.6 Å². The highest BCUT2D eigenvalue weighted by atomic mass is 32.2. The summed E-state index contributed by atoms with van der Waals surface area (Å²) in [5.74, 6) is -5.19. The Kier molecular flexibility index (Phi) is 3.76. The molecule has 80 valence electrons. The fourth-order valence-electron chi connectivity index (χ4n) is 0.409. The second-order valence-corrected chi connectivity index (χ2v) is 2.66. The summed E-state index contributed by atoms with van der Waals surface area (Å²) in [6.07, 6.45) is -8.60. The van der Waals surface area contributed by atoms with E-state index in [1.165, 1.54) is 0 Å². The van der Waals surface area contributed by atoms with Gasteiger partial charge in [-0.1, -0.05) is 0 Å². The minimum atomic E-state index is -5.83. The lowest BCUT2D eigenvalue weighted by Gasteiger charge is -2.25. The van der Waals surface area contributed by atoms with Gasteiger partial charge in [-0.05, 0) is 6.92 Å². The fourth-order valence-corrected chi connectivity index (χ4v) is 0.765. The van der Waals surface area contributed by atoms with E-state index in [0.29, 0.717) is 6.92 Å². The van der Waals surface area contributed by atoms with Crippen molar-refractivity contribution in [3.8, 4) is 0 Å². The van der Waals surface area contributed by atoms with Crippen LogP contribution in [0.5, 0.6) is 0 Å². The topological polar surface area (TPSA) is 49.4 Å². The predicted octanol–water partition coefficient (Wildman–Crippen LogP) is 1.38. The normalized spacial score (nSPS) is 18.4. The van der Waals surface area contributed by atoms with Crippen LogP contribution in [0.3, 0.4) is 0 Å². The van der Waals surface area contributed by atoms with Crippen LogP contribution in [-0.2, 0) is 15.5 Å². The molecule has 0 aromatic rings. The first-order valence-corrected chi connectivity index (χ1v) is 3.80. The van der Waals surface area contributed by atoms with Crippen LogP contribution < -0.4 is 0 Å². The van der Waals surface area contributed by atoms with E-state index in [0.717, 1.165) is 0 Å². The molecule has 3 nitrogen and oxygen atoms in total. The molecule has 0 heterocycles. The predicted molar refractivity (Wildman–Crippen MR) is 30.5 cm³/mol. The zero-order chi connectivity index (χ0) is 10.9. The molecule has 0 rings (SSSR count). The molecule has 0 aromatic heterocycles. The maximum atomic E-state index is 12.2. The molecule has 0 aliphatic heterocycles. The zero-order valence-electron chi connectivity index (χ0n) is 6.10. The number of alkyl halides is 5. The third-order valence-electron chi connectivity index (χ3n) is 1.11. The standard InChI is InChI=1S/C4H5F5O3S/c1-2(12-13(10)11)3(5,6)4(7,8)9/h2H,1H3,(H,10,11)/p-1. The van der Waals surface area contributed by atoms with Gasteiger partial charge in [-0.2, -0.15) is 22.0 Å². The van der Waals surface area contributed by atoms with Crippen LogP contribution in [0.1, 0.15) is 6.92 Å². The first kappa shape index (κ1) is 12.7. The molecule has 0 radical (unpaired) electrons. The van der Waals surface area contributed by atoms with E-state index in [4.69, 9.17) is 0 Å². The molecule has 0 bridgehead atoms. The van der Waals surface area contributed by atoms with E-state index in [2.05, 4.69) is 4.18 Å². The highest BCUT2D eigenvalue weighted by molar-refractivity contribution is 7.74. The third-order valence-corrected chi connectivity index (χ3v) is 1.56. The highest BCUT2D eigenvalue weighted by Gasteiger charge is 2.61. The Labute approximate surface area is 72.4 Å². The van der Waals surface area contributed by atoms with Gasteiger partial charge in [-0.25, -0.2) is 4.21 Å². The summed E-state index contributed by atoms with van der Waals surface area (Å²) in [5.41, 5.74) is 0. The molecular formula is C4H4F5O3S-. The van der Waals surface area contributed by atoms with Crippen LogP contribution in [0.2, 0.25) is 0 Å². The van der Waals surface area contributed by atoms with E-state index in [1.807, 2.05) is 0 Å². The maximum absolute atomic E-state index is 12.2. The first-order valence-electron chi connectivity index (χ1n) is 2.80. The summed E-state index contributed by atoms with van der Waals surface area (Å²) >= 11 is -3.41. The zero-order valence-corrected chi connectivity index (χ0v) is 6.92. The summed E-state index contributed by atoms with van der Waals surface area (Å²) in [5, 5.41) is 0. The van der Waals surface area contributed by atoms with E-state index in [-0.39, 0.29) is 0 Å². The van der Waals surface area contributed by atoms with Gasteiger partial charge in [0, 0.05) is 0 Å². The quantitative estimate of drug-likeness (QED) is 0.540. The maximum Gasteiger partial charge on any atom is 0.456 e. The van der Waals surface area contributed by atoms with Gasteiger partial charge < -0.3 is 4.55 Å². The van der Waals surface area contributed by atoms with Gasteiger partial charge in [0.25, 0.3) is 0 Å². The monoisotopic (exact) mass is 227 g/mol. The average Bonchev–Trinajstić information content (AvgIpc) is 1.82. The number of halogens is 5. The molecule has 0 aliphatic carbocycles. The lowest BCUT2D eigenvalue weighted by atomic mass is 10.2. The van der Waals surface area contributed by atoms with Crippen LogP contribution in [-0.4, -0.2) is 27.0 Å². The van der Waals surface area contributed by atoms with Crippen molar-refractivity contribution in [2.45, 2.75) is 25.1 Å². The van der Waals surface area contributed by atoms with Crippen molar-refractivity contribution in [3.63, 3.8) is 0 Å². The lowest BCUT2D eigenvalue weighted by Crippen LogP contribution is -2.47. The largest absolute Gasteiger partial charge is 0.750 e. The van der Waals surface area contributed by atoms with Gasteiger partial charge in [0.15, 0.2) is 0 Å². The summed E-state index contributed by atoms with van der Waals surface area (Å²) in [7, 11) is 0. The van der Waals surface area contributed by atoms with Crippen LogP contribution in [0.25, 0.3) is 0 Å². The Morgan fingerprint density at radius 2 is 1.69 bits per heavy atom. The number of hydrogen-bond acceptors (Lipinski definition) is 3. The molecule has 0 fully saturated rings. The van der Waals surface area contributed by atoms with Crippen molar-refractivity contribution >= 4 is 11.4 Å². The van der Waals surface area contributed by atoms with E-state index in [1.54, 1.807) is 0 Å². The fraction of sp³-hybridized carbons (Fsp3) is 1.00. The molecule has 0 spiro atoms. The molecule has 0 saturated carbocycles. The van der Waals surface area contributed by atoms with Crippen LogP contribution in [0, 0.1) is 0 Å². The molecule has 0 amide bonds. The Balaban J connectivity index is 4.54. The van der Waals surface area contributed by atoms with Crippen LogP contribution in [0.4, 0.5) is 22.0 Å². The molecule has 13 heavy (non-hydrogen) atoms. The second kappa shape index (κ2) is 3.84. The molecule has 9 heteroatoms. The SMILES string of the molecule is CC(OS(=O)[O-])C(F)(F)C(F)(F)F. The molecule has 2 unspecified atom stereocenters. The molecule has 0 aromatic carbocycles. The lowest BCUT2D eigenvalue weighted by molar-refractivity contribution is -0.306. The van der Waals surface area contributed by atoms with Crippen molar-refractivity contribution in [1.82, 2.24) is 0 Å². The minimum Gasteiger partial charge on any atom is -0.750 e. The van der Waals surface area contributed by atoms with Crippen molar-refractivity contribution < 1.29 is 34.9 Å². The van der Waals surface area contributed by atoms with Crippen LogP contribution in [0.15, 0.2) is 0 Å². The molecule has 0 aliphatic rings. The summed E-state index contributed by atoms with van der Waals surface area (Å²) in [6, 6.07) is 0. The molecule has 2 atom stereocenters. The average molecular weight is 227 g/mol. The Hall–Kier alpha value is -0.280. The van der Waals surface area contributed by atoms with Gasteiger partial charge in [-0.15, -0.1) is 0 Å². The highest BCUT2D eigenvalue weighted by Crippen LogP contribution is 2.39. The Bertz CT molecular complexity index is 202. The Morgan fingerprint density at radius 1 is 1.31 bits per heavy atom. The van der Waals surface area contributed by atoms with Gasteiger partial charge in [0.1, 0.15) is 6.10 Å². The molecule has 0 saturated heterocycles. The summed E-state index contributed by atoms with van der Waals surface area (Å²) in [4.78, 5) is 0. The number of rotatable bonds is 3. The first-order chi connectivity index (χ1) is 5.59. The van der Waals surface area contributed by atoms with Gasteiger partial charge in [0.05, 0.1) is 11.4 Å². The van der Waals surface area contributed by atoms with Crippen molar-refractivity contribution in [2.75, 3.05) is 0 Å². The Morgan fingerprint density at radius 3 is 1.92 bits per heavy atom. The molecular weight excluding hydrogens is 223 g/mol. The number of hydrogen-bond donors (Lipinski definition) is 0. The smallest absolute Gasteiger partial charge is 0.456 e. The van der Waals surface area contributed by atoms with Crippen molar-refractivity contribution in [1.29, 1.82) is 0 Å². The second-order valence-electron chi connectivity index (χ2n) is 2.06. The van der Waals surface area contributed by atoms with E-state index in [9.17, 15) is 30.7 Å². The van der Waals surface area contributed by atoms with Crippen LogP contribution >= 0.6 is 0 Å². The minimum absolute atomic E-state index is 0.309. The summed E-state index contributed by atoms with van der Waals surface area (Å²) in [6.45, 7) is 0.309. The van der Waals surface area contributed by atoms with Crippen molar-refractivity contribution in [2.24, 2.45) is 0 Å². The molecule has 0 N–H and O–H groups in total. The van der Waals surface area contributed by atoms with Gasteiger partial charge >= 0.3 is 12.1 Å². The third kappa shape index (κ3) is 3.16. The summed E-state index contributed by atoms with van der Waals surface area (Å²) < 4.78 is 81.4. The van der Waals surface area contributed by atoms with Gasteiger partial charge in [-0.3, -0.25) is 4.18 Å². The van der Waals surface area contributed by atoms with Crippen molar-refractivity contribution in [3.05, 3.63) is 0 Å².